The van der Waals surface area contributed by atoms with Crippen LogP contribution in [-0.4, -0.2) is 29.4 Å². The fraction of sp³-hybridized carbons (Fsp3) is 1.00. The van der Waals surface area contributed by atoms with Gasteiger partial charge < -0.3 is 9.66 Å². The third-order valence-electron chi connectivity index (χ3n) is 5.99. The first-order valence-electron chi connectivity index (χ1n) is 12.5. The number of aliphatic hydroxyl groups excluding tert-OH is 1. The van der Waals surface area contributed by atoms with Crippen molar-refractivity contribution in [3.05, 3.63) is 0 Å². The summed E-state index contributed by atoms with van der Waals surface area (Å²) in [6.07, 6.45) is 21.3. The fourth-order valence-corrected chi connectivity index (χ4v) is 4.89. The second-order valence-electron chi connectivity index (χ2n) is 8.87. The van der Waals surface area contributed by atoms with Crippen LogP contribution in [0.2, 0.25) is 0 Å². The topological polar surface area (TPSA) is 77.4 Å². The second kappa shape index (κ2) is 23.0. The van der Waals surface area contributed by atoms with Gasteiger partial charge in [-0.1, -0.05) is 117 Å². The van der Waals surface area contributed by atoms with Crippen LogP contribution in [0.4, 0.5) is 0 Å². The van der Waals surface area contributed by atoms with Crippen molar-refractivity contribution in [1.82, 2.24) is 0 Å². The van der Waals surface area contributed by atoms with E-state index < -0.39 is 15.4 Å². The zero-order chi connectivity index (χ0) is 21.8. The molecule has 176 valence electrons. The van der Waals surface area contributed by atoms with E-state index in [1.54, 1.807) is 0 Å². The van der Waals surface area contributed by atoms with Crippen LogP contribution in [0.15, 0.2) is 0 Å². The molecule has 0 aromatic heterocycles. The Morgan fingerprint density at radius 2 is 0.933 bits per heavy atom. The van der Waals surface area contributed by atoms with Gasteiger partial charge in [0.15, 0.2) is 0 Å². The molecular formula is C24H49NaO4S. The molecule has 0 saturated carbocycles. The smallest absolute Gasteiger partial charge is 0.748 e. The molecule has 30 heavy (non-hydrogen) atoms. The molecule has 0 aliphatic carbocycles. The summed E-state index contributed by atoms with van der Waals surface area (Å²) in [5.74, 6) is 0. The Balaban J connectivity index is 0. The van der Waals surface area contributed by atoms with E-state index in [0.717, 1.165) is 38.5 Å². The van der Waals surface area contributed by atoms with Gasteiger partial charge in [-0.3, -0.25) is 0 Å². The van der Waals surface area contributed by atoms with Gasteiger partial charge in [-0.05, 0) is 25.7 Å². The molecule has 0 radical (unpaired) electrons. The zero-order valence-corrected chi connectivity index (χ0v) is 23.2. The first kappa shape index (κ1) is 33.0. The van der Waals surface area contributed by atoms with Crippen molar-refractivity contribution >= 4 is 10.1 Å². The molecule has 0 amide bonds. The van der Waals surface area contributed by atoms with E-state index in [9.17, 15) is 18.1 Å². The summed E-state index contributed by atoms with van der Waals surface area (Å²) in [6, 6.07) is 0. The molecule has 1 N–H and O–H groups in total. The maximum Gasteiger partial charge on any atom is 1.00 e. The van der Waals surface area contributed by atoms with Gasteiger partial charge in [0, 0.05) is 5.25 Å². The van der Waals surface area contributed by atoms with Crippen molar-refractivity contribution in [2.24, 2.45) is 0 Å². The summed E-state index contributed by atoms with van der Waals surface area (Å²) >= 11 is 0. The number of hydrogen-bond acceptors (Lipinski definition) is 4. The molecule has 0 fully saturated rings. The van der Waals surface area contributed by atoms with Crippen LogP contribution in [0.5, 0.6) is 0 Å². The summed E-state index contributed by atoms with van der Waals surface area (Å²) in [4.78, 5) is 0. The molecule has 2 atom stereocenters. The molecule has 0 aliphatic heterocycles. The van der Waals surface area contributed by atoms with Gasteiger partial charge in [0.05, 0.1) is 16.2 Å². The van der Waals surface area contributed by atoms with Gasteiger partial charge in [0.1, 0.15) is 0 Å². The molecule has 0 aromatic carbocycles. The van der Waals surface area contributed by atoms with E-state index >= 15 is 0 Å². The van der Waals surface area contributed by atoms with Gasteiger partial charge in [0.25, 0.3) is 0 Å². The van der Waals surface area contributed by atoms with E-state index in [1.165, 1.54) is 70.6 Å². The third-order valence-corrected chi connectivity index (χ3v) is 7.28. The molecule has 6 heteroatoms. The minimum Gasteiger partial charge on any atom is -0.748 e. The molecule has 0 aliphatic rings. The van der Waals surface area contributed by atoms with Crippen LogP contribution in [0, 0.1) is 0 Å². The molecule has 4 nitrogen and oxygen atoms in total. The minimum absolute atomic E-state index is 0. The van der Waals surface area contributed by atoms with E-state index in [2.05, 4.69) is 6.92 Å². The van der Waals surface area contributed by atoms with Crippen molar-refractivity contribution in [2.45, 2.75) is 154 Å². The van der Waals surface area contributed by atoms with Crippen molar-refractivity contribution < 1.29 is 47.6 Å². The number of rotatable bonds is 22. The SMILES string of the molecule is CCCCCCCCCCCCCCC(O)CCCCC(CCCC)S(=O)(=O)[O-].[Na+]. The van der Waals surface area contributed by atoms with Gasteiger partial charge in [-0.2, -0.15) is 0 Å². The Labute approximate surface area is 210 Å². The standard InChI is InChI=1S/C24H50O4S.Na/c1-3-5-7-8-9-10-11-12-13-14-15-16-19-23(25)20-17-18-22-24(21-6-4-2)29(26,27)28;/h23-25H,3-22H2,1-2H3,(H,26,27,28);/q;+1/p-1. The summed E-state index contributed by atoms with van der Waals surface area (Å²) in [5, 5.41) is 9.36. The van der Waals surface area contributed by atoms with Gasteiger partial charge >= 0.3 is 29.6 Å². The maximum atomic E-state index is 11.3. The molecule has 0 spiro atoms. The van der Waals surface area contributed by atoms with Crippen LogP contribution in [0.25, 0.3) is 0 Å². The number of aliphatic hydroxyl groups is 1. The Bertz CT molecular complexity index is 442. The summed E-state index contributed by atoms with van der Waals surface area (Å²) in [7, 11) is -4.19. The van der Waals surface area contributed by atoms with Crippen molar-refractivity contribution in [1.29, 1.82) is 0 Å². The predicted molar refractivity (Wildman–Crippen MR) is 123 cm³/mol. The monoisotopic (exact) mass is 456 g/mol. The average molecular weight is 457 g/mol. The van der Waals surface area contributed by atoms with E-state index in [1.807, 2.05) is 6.92 Å². The molecule has 0 bridgehead atoms. The van der Waals surface area contributed by atoms with Crippen molar-refractivity contribution in [2.75, 3.05) is 0 Å². The first-order valence-corrected chi connectivity index (χ1v) is 14.0. The van der Waals surface area contributed by atoms with E-state index in [4.69, 9.17) is 0 Å². The maximum absolute atomic E-state index is 11.3. The summed E-state index contributed by atoms with van der Waals surface area (Å²) < 4.78 is 33.9. The van der Waals surface area contributed by atoms with Crippen LogP contribution in [0.3, 0.4) is 0 Å². The van der Waals surface area contributed by atoms with Crippen LogP contribution < -0.4 is 29.6 Å². The molecule has 0 saturated heterocycles. The van der Waals surface area contributed by atoms with Gasteiger partial charge in [-0.15, -0.1) is 0 Å². The molecular weight excluding hydrogens is 407 g/mol. The summed E-state index contributed by atoms with van der Waals surface area (Å²) in [5.41, 5.74) is 0. The van der Waals surface area contributed by atoms with Gasteiger partial charge in [-0.25, -0.2) is 8.42 Å². The molecule has 2 unspecified atom stereocenters. The molecule has 0 rings (SSSR count). The Morgan fingerprint density at radius 3 is 1.37 bits per heavy atom. The Morgan fingerprint density at radius 1 is 0.600 bits per heavy atom. The third kappa shape index (κ3) is 22.1. The quantitative estimate of drug-likeness (QED) is 0.151. The fourth-order valence-electron chi connectivity index (χ4n) is 3.98. The van der Waals surface area contributed by atoms with Crippen LogP contribution in [0.1, 0.15) is 142 Å². The van der Waals surface area contributed by atoms with Crippen LogP contribution in [-0.2, 0) is 10.1 Å². The number of unbranched alkanes of at least 4 members (excludes halogenated alkanes) is 13. The average Bonchev–Trinajstić information content (AvgIpc) is 2.67. The van der Waals surface area contributed by atoms with Crippen LogP contribution >= 0.6 is 0 Å². The van der Waals surface area contributed by atoms with Gasteiger partial charge in [0.2, 0.25) is 0 Å². The van der Waals surface area contributed by atoms with Crippen molar-refractivity contribution in [3.8, 4) is 0 Å². The Kier molecular flexibility index (Phi) is 25.4. The zero-order valence-electron chi connectivity index (χ0n) is 20.4. The van der Waals surface area contributed by atoms with Crippen molar-refractivity contribution in [3.63, 3.8) is 0 Å². The minimum atomic E-state index is -4.19. The largest absolute Gasteiger partial charge is 1.00 e. The molecule has 0 heterocycles. The second-order valence-corrected chi connectivity index (χ2v) is 10.5. The number of hydrogen-bond donors (Lipinski definition) is 1. The summed E-state index contributed by atoms with van der Waals surface area (Å²) in [6.45, 7) is 4.26. The Hall–Kier alpha value is 0.870. The first-order chi connectivity index (χ1) is 13.9. The predicted octanol–water partition coefficient (Wildman–Crippen LogP) is 4.11. The van der Waals surface area contributed by atoms with E-state index in [0.29, 0.717) is 19.3 Å². The van der Waals surface area contributed by atoms with E-state index in [-0.39, 0.29) is 35.7 Å². The molecule has 0 aromatic rings. The normalized spacial score (nSPS) is 13.7.